The van der Waals surface area contributed by atoms with Crippen molar-refractivity contribution in [1.82, 2.24) is 0 Å². The molecule has 0 radical (unpaired) electrons. The molecule has 1 heterocycles. The van der Waals surface area contributed by atoms with Crippen molar-refractivity contribution < 1.29 is 0 Å². The van der Waals surface area contributed by atoms with Gasteiger partial charge in [-0.05, 0) is 35.1 Å². The zero-order valence-corrected chi connectivity index (χ0v) is 9.22. The van der Waals surface area contributed by atoms with E-state index in [0.717, 1.165) is 0 Å². The first-order valence-corrected chi connectivity index (χ1v) is 6.13. The SMILES string of the molecule is C(=C/c1cccs1)/Sc1ccccc1. The van der Waals surface area contributed by atoms with Crippen LogP contribution in [0.3, 0.4) is 0 Å². The summed E-state index contributed by atoms with van der Waals surface area (Å²) >= 11 is 3.50. The van der Waals surface area contributed by atoms with Crippen LogP contribution in [0.15, 0.2) is 58.1 Å². The molecule has 0 fully saturated rings. The third kappa shape index (κ3) is 2.76. The summed E-state index contributed by atoms with van der Waals surface area (Å²) in [6, 6.07) is 14.6. The Balaban J connectivity index is 1.95. The Kier molecular flexibility index (Phi) is 3.44. The first-order valence-electron chi connectivity index (χ1n) is 4.37. The molecule has 0 N–H and O–H groups in total. The summed E-state index contributed by atoms with van der Waals surface area (Å²) in [4.78, 5) is 2.58. The van der Waals surface area contributed by atoms with Crippen LogP contribution in [0.2, 0.25) is 0 Å². The van der Waals surface area contributed by atoms with E-state index in [1.165, 1.54) is 9.77 Å². The van der Waals surface area contributed by atoms with Crippen molar-refractivity contribution >= 4 is 29.2 Å². The Labute approximate surface area is 92.3 Å². The van der Waals surface area contributed by atoms with Crippen LogP contribution in [-0.2, 0) is 0 Å². The highest BCUT2D eigenvalue weighted by Crippen LogP contribution is 2.20. The van der Waals surface area contributed by atoms with E-state index in [4.69, 9.17) is 0 Å². The normalized spacial score (nSPS) is 10.9. The summed E-state index contributed by atoms with van der Waals surface area (Å²) in [5.74, 6) is 0. The van der Waals surface area contributed by atoms with Crippen LogP contribution in [0.1, 0.15) is 4.88 Å². The summed E-state index contributed by atoms with van der Waals surface area (Å²) < 4.78 is 0. The summed E-state index contributed by atoms with van der Waals surface area (Å²) in [5, 5.41) is 4.22. The molecule has 0 unspecified atom stereocenters. The maximum absolute atomic E-state index is 2.14. The average Bonchev–Trinajstić information content (AvgIpc) is 2.72. The molecule has 0 spiro atoms. The van der Waals surface area contributed by atoms with Crippen molar-refractivity contribution in [3.8, 4) is 0 Å². The molecule has 0 saturated carbocycles. The van der Waals surface area contributed by atoms with E-state index in [0.29, 0.717) is 0 Å². The minimum absolute atomic E-state index is 1.28. The summed E-state index contributed by atoms with van der Waals surface area (Å²) in [6.45, 7) is 0. The van der Waals surface area contributed by atoms with Crippen molar-refractivity contribution in [2.45, 2.75) is 4.90 Å². The maximum Gasteiger partial charge on any atom is 0.0275 e. The van der Waals surface area contributed by atoms with Crippen LogP contribution < -0.4 is 0 Å². The molecule has 14 heavy (non-hydrogen) atoms. The second-order valence-electron chi connectivity index (χ2n) is 2.75. The third-order valence-electron chi connectivity index (χ3n) is 1.72. The van der Waals surface area contributed by atoms with Gasteiger partial charge in [0.2, 0.25) is 0 Å². The first kappa shape index (κ1) is 9.56. The number of hydrogen-bond acceptors (Lipinski definition) is 2. The molecule has 0 bridgehead atoms. The highest BCUT2D eigenvalue weighted by Gasteiger charge is 1.88. The molecule has 0 aliphatic rings. The summed E-state index contributed by atoms with van der Waals surface area (Å²) in [6.07, 6.45) is 2.14. The number of thiophene rings is 1. The number of hydrogen-bond donors (Lipinski definition) is 0. The first-order chi connectivity index (χ1) is 6.95. The second kappa shape index (κ2) is 5.03. The van der Waals surface area contributed by atoms with Gasteiger partial charge >= 0.3 is 0 Å². The van der Waals surface area contributed by atoms with E-state index in [1.807, 2.05) is 6.07 Å². The summed E-state index contributed by atoms with van der Waals surface area (Å²) in [7, 11) is 0. The van der Waals surface area contributed by atoms with Crippen molar-refractivity contribution in [3.63, 3.8) is 0 Å². The topological polar surface area (TPSA) is 0 Å². The monoisotopic (exact) mass is 218 g/mol. The molecule has 2 heteroatoms. The van der Waals surface area contributed by atoms with Gasteiger partial charge in [0, 0.05) is 9.77 Å². The predicted octanol–water partition coefficient (Wildman–Crippen LogP) is 4.51. The van der Waals surface area contributed by atoms with Crippen LogP contribution in [0, 0.1) is 0 Å². The molecule has 0 saturated heterocycles. The molecule has 0 amide bonds. The smallest absolute Gasteiger partial charge is 0.0275 e. The molecule has 2 aromatic rings. The minimum atomic E-state index is 1.28. The van der Waals surface area contributed by atoms with Gasteiger partial charge in [0.1, 0.15) is 0 Å². The lowest BCUT2D eigenvalue weighted by Crippen LogP contribution is -1.64. The Morgan fingerprint density at radius 1 is 1.00 bits per heavy atom. The van der Waals surface area contributed by atoms with E-state index >= 15 is 0 Å². The molecule has 70 valence electrons. The van der Waals surface area contributed by atoms with Crippen molar-refractivity contribution in [2.24, 2.45) is 0 Å². The predicted molar refractivity (Wildman–Crippen MR) is 65.7 cm³/mol. The lowest BCUT2D eigenvalue weighted by Gasteiger charge is -1.92. The Hall–Kier alpha value is -0.990. The number of benzene rings is 1. The fourth-order valence-electron chi connectivity index (χ4n) is 1.06. The van der Waals surface area contributed by atoms with E-state index in [2.05, 4.69) is 53.3 Å². The Morgan fingerprint density at radius 2 is 1.86 bits per heavy atom. The van der Waals surface area contributed by atoms with Gasteiger partial charge in [-0.1, -0.05) is 36.0 Å². The minimum Gasteiger partial charge on any atom is -0.144 e. The molecule has 1 aromatic carbocycles. The molecule has 0 aliphatic carbocycles. The van der Waals surface area contributed by atoms with Gasteiger partial charge < -0.3 is 0 Å². The largest absolute Gasteiger partial charge is 0.144 e. The molecule has 2 rings (SSSR count). The lowest BCUT2D eigenvalue weighted by atomic mass is 10.4. The molecular formula is C12H10S2. The molecule has 1 aromatic heterocycles. The Bertz CT molecular complexity index is 388. The number of rotatable bonds is 3. The van der Waals surface area contributed by atoms with Crippen LogP contribution in [-0.4, -0.2) is 0 Å². The second-order valence-corrected chi connectivity index (χ2v) is 4.71. The number of thioether (sulfide) groups is 1. The van der Waals surface area contributed by atoms with Gasteiger partial charge in [0.05, 0.1) is 0 Å². The van der Waals surface area contributed by atoms with E-state index in [1.54, 1.807) is 23.1 Å². The zero-order valence-electron chi connectivity index (χ0n) is 7.59. The summed E-state index contributed by atoms with van der Waals surface area (Å²) in [5.41, 5.74) is 0. The van der Waals surface area contributed by atoms with Gasteiger partial charge in [-0.25, -0.2) is 0 Å². The van der Waals surface area contributed by atoms with Crippen LogP contribution in [0.5, 0.6) is 0 Å². The fourth-order valence-corrected chi connectivity index (χ4v) is 2.46. The quantitative estimate of drug-likeness (QED) is 0.683. The van der Waals surface area contributed by atoms with Gasteiger partial charge in [-0.2, -0.15) is 0 Å². The molecule has 0 atom stereocenters. The van der Waals surface area contributed by atoms with E-state index in [9.17, 15) is 0 Å². The molecular weight excluding hydrogens is 208 g/mol. The van der Waals surface area contributed by atoms with Crippen LogP contribution in [0.25, 0.3) is 6.08 Å². The average molecular weight is 218 g/mol. The fraction of sp³-hybridized carbons (Fsp3) is 0. The third-order valence-corrected chi connectivity index (χ3v) is 3.38. The molecule has 0 nitrogen and oxygen atoms in total. The zero-order chi connectivity index (χ0) is 9.64. The van der Waals surface area contributed by atoms with Gasteiger partial charge in [-0.3, -0.25) is 0 Å². The Morgan fingerprint density at radius 3 is 2.57 bits per heavy atom. The standard InChI is InChI=1S/C12H10S2/c1-2-5-11(6-3-1)14-10-8-12-7-4-9-13-12/h1-10H/b10-8-. The van der Waals surface area contributed by atoms with Crippen molar-refractivity contribution in [1.29, 1.82) is 0 Å². The van der Waals surface area contributed by atoms with Crippen LogP contribution >= 0.6 is 23.1 Å². The van der Waals surface area contributed by atoms with E-state index in [-0.39, 0.29) is 0 Å². The lowest BCUT2D eigenvalue weighted by molar-refractivity contribution is 1.47. The highest BCUT2D eigenvalue weighted by atomic mass is 32.2. The molecule has 0 aliphatic heterocycles. The van der Waals surface area contributed by atoms with Crippen molar-refractivity contribution in [2.75, 3.05) is 0 Å². The van der Waals surface area contributed by atoms with Crippen LogP contribution in [0.4, 0.5) is 0 Å². The highest BCUT2D eigenvalue weighted by molar-refractivity contribution is 8.02. The van der Waals surface area contributed by atoms with Gasteiger partial charge in [0.25, 0.3) is 0 Å². The maximum atomic E-state index is 2.14. The van der Waals surface area contributed by atoms with Crippen molar-refractivity contribution in [3.05, 3.63) is 58.1 Å². The van der Waals surface area contributed by atoms with Gasteiger partial charge in [-0.15, -0.1) is 11.3 Å². The van der Waals surface area contributed by atoms with E-state index < -0.39 is 0 Å². The van der Waals surface area contributed by atoms with Gasteiger partial charge in [0.15, 0.2) is 0 Å².